The molecule has 1 atom stereocenters. The summed E-state index contributed by atoms with van der Waals surface area (Å²) in [5.41, 5.74) is 6.08. The summed E-state index contributed by atoms with van der Waals surface area (Å²) in [6.45, 7) is 1.78. The fraction of sp³-hybridized carbons (Fsp3) is 0.308. The van der Waals surface area contributed by atoms with Crippen molar-refractivity contribution in [2.45, 2.75) is 16.5 Å². The summed E-state index contributed by atoms with van der Waals surface area (Å²) in [5, 5.41) is 10.5. The number of hydrogen-bond donors (Lipinski definition) is 2. The van der Waals surface area contributed by atoms with E-state index < -0.39 is 0 Å². The molecule has 0 spiro atoms. The summed E-state index contributed by atoms with van der Waals surface area (Å²) >= 11 is 2.54. The van der Waals surface area contributed by atoms with Gasteiger partial charge in [-0.1, -0.05) is 23.1 Å². The van der Waals surface area contributed by atoms with Crippen molar-refractivity contribution in [3.63, 3.8) is 0 Å². The molecule has 0 fully saturated rings. The van der Waals surface area contributed by atoms with Gasteiger partial charge in [0.1, 0.15) is 11.5 Å². The molecule has 0 aliphatic rings. The summed E-state index contributed by atoms with van der Waals surface area (Å²) in [4.78, 5) is 12.3. The number of aromatic nitrogens is 2. The molecule has 7 nitrogen and oxygen atoms in total. The van der Waals surface area contributed by atoms with Gasteiger partial charge in [0, 0.05) is 6.07 Å². The number of hydrogen-bond acceptors (Lipinski definition) is 8. The zero-order chi connectivity index (χ0) is 16.1. The van der Waals surface area contributed by atoms with Crippen LogP contribution in [0.1, 0.15) is 6.92 Å². The first kappa shape index (κ1) is 16.4. The maximum Gasteiger partial charge on any atom is 0.237 e. The van der Waals surface area contributed by atoms with Crippen LogP contribution in [-0.2, 0) is 4.79 Å². The number of thioether (sulfide) groups is 1. The van der Waals surface area contributed by atoms with E-state index in [4.69, 9.17) is 15.2 Å². The lowest BCUT2D eigenvalue weighted by atomic mass is 10.2. The van der Waals surface area contributed by atoms with E-state index in [0.29, 0.717) is 26.7 Å². The highest BCUT2D eigenvalue weighted by Crippen LogP contribution is 2.31. The van der Waals surface area contributed by atoms with Crippen LogP contribution in [0.15, 0.2) is 22.5 Å². The van der Waals surface area contributed by atoms with Crippen LogP contribution >= 0.6 is 23.1 Å². The highest BCUT2D eigenvalue weighted by molar-refractivity contribution is 8.02. The third-order valence-corrected chi connectivity index (χ3v) is 4.67. The Hall–Kier alpha value is -2.00. The molecule has 1 aromatic heterocycles. The number of carbonyl (C=O) groups is 1. The van der Waals surface area contributed by atoms with Gasteiger partial charge < -0.3 is 20.5 Å². The molecule has 118 valence electrons. The Morgan fingerprint density at radius 3 is 2.73 bits per heavy atom. The average Bonchev–Trinajstić information content (AvgIpc) is 2.92. The normalized spacial score (nSPS) is 11.8. The molecule has 0 aliphatic carbocycles. The average molecular weight is 340 g/mol. The monoisotopic (exact) mass is 340 g/mol. The Morgan fingerprint density at radius 1 is 1.36 bits per heavy atom. The molecule has 1 heterocycles. The van der Waals surface area contributed by atoms with E-state index in [1.54, 1.807) is 39.3 Å². The second-order valence-electron chi connectivity index (χ2n) is 4.22. The van der Waals surface area contributed by atoms with Crippen molar-refractivity contribution in [1.82, 2.24) is 10.2 Å². The molecule has 0 unspecified atom stereocenters. The number of ether oxygens (including phenoxy) is 2. The van der Waals surface area contributed by atoms with Crippen LogP contribution in [0, 0.1) is 0 Å². The molecule has 9 heteroatoms. The number of methoxy groups -OCH3 is 2. The van der Waals surface area contributed by atoms with Crippen molar-refractivity contribution in [3.8, 4) is 11.5 Å². The summed E-state index contributed by atoms with van der Waals surface area (Å²) in [5.74, 6) is 1.02. The first-order valence-electron chi connectivity index (χ1n) is 6.32. The molecule has 0 saturated carbocycles. The van der Waals surface area contributed by atoms with Crippen LogP contribution in [0.5, 0.6) is 11.5 Å². The van der Waals surface area contributed by atoms with Crippen LogP contribution in [0.4, 0.5) is 10.8 Å². The van der Waals surface area contributed by atoms with Crippen LogP contribution in [0.2, 0.25) is 0 Å². The highest BCUT2D eigenvalue weighted by Gasteiger charge is 2.18. The first-order valence-corrected chi connectivity index (χ1v) is 8.01. The third kappa shape index (κ3) is 4.01. The summed E-state index contributed by atoms with van der Waals surface area (Å²) in [6, 6.07) is 5.20. The number of amides is 1. The standard InChI is InChI=1S/C13H16N4O3S2/c1-7(21-13-17-16-12(14)22-13)11(18)15-9-6-8(19-2)4-5-10(9)20-3/h4-7H,1-3H3,(H2,14,16)(H,15,18)/t7-/m0/s1. The molecular formula is C13H16N4O3S2. The van der Waals surface area contributed by atoms with Gasteiger partial charge >= 0.3 is 0 Å². The quantitative estimate of drug-likeness (QED) is 0.778. The molecule has 3 N–H and O–H groups in total. The number of benzene rings is 1. The molecule has 1 amide bonds. The van der Waals surface area contributed by atoms with Crippen molar-refractivity contribution in [2.24, 2.45) is 0 Å². The maximum absolute atomic E-state index is 12.3. The van der Waals surface area contributed by atoms with Crippen molar-refractivity contribution < 1.29 is 14.3 Å². The number of nitrogens with one attached hydrogen (secondary N) is 1. The Balaban J connectivity index is 2.07. The van der Waals surface area contributed by atoms with E-state index in [-0.39, 0.29) is 11.2 Å². The number of nitrogens with two attached hydrogens (primary N) is 1. The van der Waals surface area contributed by atoms with E-state index in [1.165, 1.54) is 23.1 Å². The van der Waals surface area contributed by atoms with Gasteiger partial charge in [0.25, 0.3) is 0 Å². The molecule has 0 radical (unpaired) electrons. The lowest BCUT2D eigenvalue weighted by Crippen LogP contribution is -2.22. The van der Waals surface area contributed by atoms with E-state index in [2.05, 4.69) is 15.5 Å². The third-order valence-electron chi connectivity index (χ3n) is 2.73. The largest absolute Gasteiger partial charge is 0.497 e. The van der Waals surface area contributed by atoms with Gasteiger partial charge in [-0.25, -0.2) is 0 Å². The second kappa shape index (κ2) is 7.32. The fourth-order valence-corrected chi connectivity index (χ4v) is 3.40. The Bertz CT molecular complexity index is 662. The van der Waals surface area contributed by atoms with Crippen LogP contribution in [-0.4, -0.2) is 35.6 Å². The van der Waals surface area contributed by atoms with Gasteiger partial charge in [-0.05, 0) is 19.1 Å². The molecule has 0 saturated heterocycles. The number of anilines is 2. The molecular weight excluding hydrogens is 324 g/mol. The van der Waals surface area contributed by atoms with Crippen molar-refractivity contribution in [1.29, 1.82) is 0 Å². The lowest BCUT2D eigenvalue weighted by molar-refractivity contribution is -0.115. The summed E-state index contributed by atoms with van der Waals surface area (Å²) in [6.07, 6.45) is 0. The number of nitrogen functional groups attached to an aromatic ring is 1. The zero-order valence-corrected chi connectivity index (χ0v) is 14.0. The van der Waals surface area contributed by atoms with Gasteiger partial charge in [0.15, 0.2) is 4.34 Å². The van der Waals surface area contributed by atoms with Gasteiger partial charge in [0.05, 0.1) is 25.2 Å². The van der Waals surface area contributed by atoms with E-state index in [9.17, 15) is 4.79 Å². The molecule has 0 aliphatic heterocycles. The van der Waals surface area contributed by atoms with Crippen LogP contribution in [0.25, 0.3) is 0 Å². The minimum Gasteiger partial charge on any atom is -0.497 e. The molecule has 2 rings (SSSR count). The Morgan fingerprint density at radius 2 is 2.14 bits per heavy atom. The minimum atomic E-state index is -0.358. The maximum atomic E-state index is 12.3. The summed E-state index contributed by atoms with van der Waals surface area (Å²) in [7, 11) is 3.10. The second-order valence-corrected chi connectivity index (χ2v) is 6.82. The first-order chi connectivity index (χ1) is 10.5. The van der Waals surface area contributed by atoms with E-state index in [1.807, 2.05) is 0 Å². The lowest BCUT2D eigenvalue weighted by Gasteiger charge is -2.14. The Labute approximate surface area is 136 Å². The van der Waals surface area contributed by atoms with Crippen LogP contribution in [0.3, 0.4) is 0 Å². The van der Waals surface area contributed by atoms with Gasteiger partial charge in [-0.2, -0.15) is 0 Å². The predicted molar refractivity (Wildman–Crippen MR) is 87.8 cm³/mol. The van der Waals surface area contributed by atoms with E-state index >= 15 is 0 Å². The fourth-order valence-electron chi connectivity index (χ4n) is 1.62. The minimum absolute atomic E-state index is 0.176. The van der Waals surface area contributed by atoms with Crippen molar-refractivity contribution >= 4 is 39.8 Å². The van der Waals surface area contributed by atoms with Gasteiger partial charge in [-0.15, -0.1) is 10.2 Å². The molecule has 22 heavy (non-hydrogen) atoms. The highest BCUT2D eigenvalue weighted by atomic mass is 32.2. The Kier molecular flexibility index (Phi) is 5.45. The van der Waals surface area contributed by atoms with Gasteiger partial charge in [0.2, 0.25) is 11.0 Å². The molecule has 1 aromatic carbocycles. The molecule has 2 aromatic rings. The SMILES string of the molecule is COc1ccc(OC)c(NC(=O)[C@H](C)Sc2nnc(N)s2)c1. The number of carbonyl (C=O) groups excluding carboxylic acids is 1. The molecule has 0 bridgehead atoms. The van der Waals surface area contributed by atoms with Crippen molar-refractivity contribution in [3.05, 3.63) is 18.2 Å². The zero-order valence-electron chi connectivity index (χ0n) is 12.3. The summed E-state index contributed by atoms with van der Waals surface area (Å²) < 4.78 is 11.0. The van der Waals surface area contributed by atoms with Crippen LogP contribution < -0.4 is 20.5 Å². The smallest absolute Gasteiger partial charge is 0.237 e. The predicted octanol–water partition coefficient (Wildman–Crippen LogP) is 2.26. The number of nitrogens with zero attached hydrogens (tertiary/aromatic N) is 2. The topological polar surface area (TPSA) is 99.4 Å². The van der Waals surface area contributed by atoms with Gasteiger partial charge in [-0.3, -0.25) is 4.79 Å². The number of rotatable bonds is 6. The van der Waals surface area contributed by atoms with E-state index in [0.717, 1.165) is 0 Å². The van der Waals surface area contributed by atoms with Crippen molar-refractivity contribution in [2.75, 3.05) is 25.3 Å².